The number of amides is 1. The van der Waals surface area contributed by atoms with Crippen LogP contribution in [0.1, 0.15) is 58.4 Å². The summed E-state index contributed by atoms with van der Waals surface area (Å²) in [5, 5.41) is 3.71. The molecule has 1 amide bonds. The second-order valence-corrected chi connectivity index (χ2v) is 9.34. The number of halogens is 1. The van der Waals surface area contributed by atoms with Crippen molar-refractivity contribution in [2.45, 2.75) is 63.1 Å². The molecule has 1 aliphatic carbocycles. The van der Waals surface area contributed by atoms with Gasteiger partial charge in [-0.1, -0.05) is 11.6 Å². The fourth-order valence-corrected chi connectivity index (χ4v) is 5.18. The van der Waals surface area contributed by atoms with Crippen molar-refractivity contribution in [2.75, 3.05) is 0 Å². The van der Waals surface area contributed by atoms with Gasteiger partial charge in [-0.25, -0.2) is 0 Å². The monoisotopic (exact) mass is 432 g/mol. The van der Waals surface area contributed by atoms with Crippen molar-refractivity contribution >= 4 is 35.1 Å². The highest BCUT2D eigenvalue weighted by atomic mass is 35.5. The lowest BCUT2D eigenvalue weighted by atomic mass is 9.99. The number of aryl methyl sites for hydroxylation is 2. The number of hydrogen-bond acceptors (Lipinski definition) is 4. The molecule has 0 aliphatic heterocycles. The van der Waals surface area contributed by atoms with E-state index in [1.54, 1.807) is 17.8 Å². The first-order valence-corrected chi connectivity index (χ1v) is 11.0. The number of hydrogen-bond donors (Lipinski definition) is 2. The molecule has 1 saturated carbocycles. The van der Waals surface area contributed by atoms with Crippen molar-refractivity contribution in [1.29, 1.82) is 0 Å². The number of nitrogens with one attached hydrogen (secondary N) is 2. The number of carbonyl (C=O) groups is 2. The number of aromatic nitrogens is 1. The van der Waals surface area contributed by atoms with E-state index in [9.17, 15) is 14.4 Å². The standard InChI is InChI=1S/C22H25ClN2O3S/c1-12-8-13(2)25-22(28)19(12)11-24-21(27)18-9-15(23)10-20(14(18)3)29-17-6-4-16(26)5-7-17/h8-10,17H,4-7,11H2,1-3H3,(H,24,27)(H,25,28). The Morgan fingerprint density at radius 2 is 1.86 bits per heavy atom. The van der Waals surface area contributed by atoms with Crippen LogP contribution in [0.25, 0.3) is 0 Å². The predicted octanol–water partition coefficient (Wildman–Crippen LogP) is 4.49. The second kappa shape index (κ2) is 9.18. The molecule has 1 aromatic carbocycles. The molecule has 1 heterocycles. The second-order valence-electron chi connectivity index (χ2n) is 7.56. The van der Waals surface area contributed by atoms with Crippen molar-refractivity contribution < 1.29 is 9.59 Å². The molecule has 1 aromatic heterocycles. The summed E-state index contributed by atoms with van der Waals surface area (Å²) in [5.41, 5.74) is 3.37. The van der Waals surface area contributed by atoms with Gasteiger partial charge < -0.3 is 10.3 Å². The van der Waals surface area contributed by atoms with E-state index in [1.165, 1.54) is 0 Å². The predicted molar refractivity (Wildman–Crippen MR) is 117 cm³/mol. The zero-order valence-electron chi connectivity index (χ0n) is 16.9. The third kappa shape index (κ3) is 5.31. The van der Waals surface area contributed by atoms with Crippen molar-refractivity contribution in [3.63, 3.8) is 0 Å². The molecule has 0 radical (unpaired) electrons. The molecule has 154 valence electrons. The molecule has 1 fully saturated rings. The number of H-pyrrole nitrogens is 1. The van der Waals surface area contributed by atoms with Gasteiger partial charge in [0, 0.05) is 51.4 Å². The zero-order chi connectivity index (χ0) is 21.1. The minimum atomic E-state index is -0.259. The van der Waals surface area contributed by atoms with E-state index < -0.39 is 0 Å². The Kier molecular flexibility index (Phi) is 6.85. The van der Waals surface area contributed by atoms with E-state index in [4.69, 9.17) is 11.6 Å². The number of thioether (sulfide) groups is 1. The number of pyridine rings is 1. The van der Waals surface area contributed by atoms with Crippen molar-refractivity contribution in [3.8, 4) is 0 Å². The van der Waals surface area contributed by atoms with Gasteiger partial charge in [-0.2, -0.15) is 0 Å². The molecule has 0 unspecified atom stereocenters. The molecule has 1 aliphatic rings. The van der Waals surface area contributed by atoms with Crippen molar-refractivity contribution in [3.05, 3.63) is 61.5 Å². The highest BCUT2D eigenvalue weighted by Gasteiger charge is 2.22. The van der Waals surface area contributed by atoms with Crippen LogP contribution in [0.4, 0.5) is 0 Å². The first-order valence-electron chi connectivity index (χ1n) is 9.70. The van der Waals surface area contributed by atoms with E-state index >= 15 is 0 Å². The van der Waals surface area contributed by atoms with Gasteiger partial charge in [-0.05, 0) is 62.9 Å². The summed E-state index contributed by atoms with van der Waals surface area (Å²) in [6.07, 6.45) is 2.95. The molecule has 5 nitrogen and oxygen atoms in total. The van der Waals surface area contributed by atoms with Crippen LogP contribution < -0.4 is 10.9 Å². The number of benzene rings is 1. The van der Waals surface area contributed by atoms with Gasteiger partial charge in [0.05, 0.1) is 0 Å². The number of aromatic amines is 1. The van der Waals surface area contributed by atoms with Crippen LogP contribution in [-0.4, -0.2) is 21.9 Å². The smallest absolute Gasteiger partial charge is 0.253 e. The van der Waals surface area contributed by atoms with Gasteiger partial charge >= 0.3 is 0 Å². The van der Waals surface area contributed by atoms with Crippen LogP contribution in [0.2, 0.25) is 5.02 Å². The van der Waals surface area contributed by atoms with Gasteiger partial charge in [-0.3, -0.25) is 14.4 Å². The zero-order valence-corrected chi connectivity index (χ0v) is 18.4. The molecule has 29 heavy (non-hydrogen) atoms. The fraction of sp³-hybridized carbons (Fsp3) is 0.409. The average Bonchev–Trinajstić information content (AvgIpc) is 2.65. The Labute approximate surface area is 179 Å². The first-order chi connectivity index (χ1) is 13.7. The Morgan fingerprint density at radius 3 is 2.52 bits per heavy atom. The van der Waals surface area contributed by atoms with Crippen LogP contribution in [-0.2, 0) is 11.3 Å². The molecule has 0 bridgehead atoms. The summed E-state index contributed by atoms with van der Waals surface area (Å²) >= 11 is 7.98. The van der Waals surface area contributed by atoms with Crippen LogP contribution in [0.3, 0.4) is 0 Å². The van der Waals surface area contributed by atoms with Crippen LogP contribution in [0.5, 0.6) is 0 Å². The van der Waals surface area contributed by atoms with Gasteiger partial charge in [0.2, 0.25) is 0 Å². The topological polar surface area (TPSA) is 79.0 Å². The summed E-state index contributed by atoms with van der Waals surface area (Å²) in [7, 11) is 0. The highest BCUT2D eigenvalue weighted by molar-refractivity contribution is 8.00. The number of ketones is 1. The van der Waals surface area contributed by atoms with E-state index in [2.05, 4.69) is 10.3 Å². The Balaban J connectivity index is 1.76. The number of Topliss-reactive ketones (excluding diaryl/α,β-unsaturated/α-hetero) is 1. The molecule has 0 spiro atoms. The molecule has 3 rings (SSSR count). The van der Waals surface area contributed by atoms with E-state index in [-0.39, 0.29) is 18.0 Å². The molecule has 7 heteroatoms. The lowest BCUT2D eigenvalue weighted by Gasteiger charge is -2.22. The van der Waals surface area contributed by atoms with E-state index in [0.29, 0.717) is 40.0 Å². The first kappa shape index (κ1) is 21.7. The molecular formula is C22H25ClN2O3S. The average molecular weight is 433 g/mol. The Morgan fingerprint density at radius 1 is 1.17 bits per heavy atom. The summed E-state index contributed by atoms with van der Waals surface area (Å²) in [6.45, 7) is 5.75. The third-order valence-electron chi connectivity index (χ3n) is 5.27. The minimum absolute atomic E-state index is 0.152. The summed E-state index contributed by atoms with van der Waals surface area (Å²) in [5.74, 6) is 0.0659. The van der Waals surface area contributed by atoms with E-state index in [1.807, 2.05) is 32.9 Å². The third-order valence-corrected chi connectivity index (χ3v) is 6.97. The Bertz CT molecular complexity index is 1010. The van der Waals surface area contributed by atoms with Crippen LogP contribution in [0, 0.1) is 20.8 Å². The maximum absolute atomic E-state index is 12.8. The van der Waals surface area contributed by atoms with Gasteiger partial charge in [0.25, 0.3) is 11.5 Å². The molecule has 2 N–H and O–H groups in total. The SMILES string of the molecule is Cc1cc(C)c(CNC(=O)c2cc(Cl)cc(SC3CCC(=O)CC3)c2C)c(=O)[nH]1. The molecule has 0 saturated heterocycles. The largest absolute Gasteiger partial charge is 0.348 e. The van der Waals surface area contributed by atoms with Gasteiger partial charge in [-0.15, -0.1) is 11.8 Å². The maximum Gasteiger partial charge on any atom is 0.253 e. The summed E-state index contributed by atoms with van der Waals surface area (Å²) < 4.78 is 0. The quantitative estimate of drug-likeness (QED) is 0.729. The fourth-order valence-electron chi connectivity index (χ4n) is 3.59. The molecule has 2 aromatic rings. The molecular weight excluding hydrogens is 408 g/mol. The lowest BCUT2D eigenvalue weighted by molar-refractivity contribution is -0.120. The highest BCUT2D eigenvalue weighted by Crippen LogP contribution is 2.36. The lowest BCUT2D eigenvalue weighted by Crippen LogP contribution is -2.28. The maximum atomic E-state index is 12.8. The number of carbonyl (C=O) groups excluding carboxylic acids is 2. The summed E-state index contributed by atoms with van der Waals surface area (Å²) in [6, 6.07) is 5.42. The van der Waals surface area contributed by atoms with Crippen molar-refractivity contribution in [1.82, 2.24) is 10.3 Å². The van der Waals surface area contributed by atoms with Crippen LogP contribution in [0.15, 0.2) is 27.9 Å². The number of rotatable bonds is 5. The van der Waals surface area contributed by atoms with Crippen molar-refractivity contribution in [2.24, 2.45) is 0 Å². The van der Waals surface area contributed by atoms with Crippen LogP contribution >= 0.6 is 23.4 Å². The van der Waals surface area contributed by atoms with E-state index in [0.717, 1.165) is 34.6 Å². The molecule has 0 atom stereocenters. The minimum Gasteiger partial charge on any atom is -0.348 e. The van der Waals surface area contributed by atoms with Gasteiger partial charge in [0.15, 0.2) is 0 Å². The normalized spacial score (nSPS) is 14.8. The summed E-state index contributed by atoms with van der Waals surface area (Å²) in [4.78, 5) is 40.2. The Hall–Kier alpha value is -2.05. The van der Waals surface area contributed by atoms with Gasteiger partial charge in [0.1, 0.15) is 5.78 Å².